The average molecular weight is 537 g/mol. The lowest BCUT2D eigenvalue weighted by Gasteiger charge is -2.33. The standard InChI is InChI=1S/C31H40N2O6/c1-4-39-29(34)6-5-13-32-31(36)23-9-7-22(8-10-23)20-33-14-11-21(12-15-33)16-25-17-24-18-27(37-2)28(38-3)19-26(24)30(25)35/h7-10,18-19,21,25H,4-6,11-17,20H2,1-3H3,(H,32,36). The maximum Gasteiger partial charge on any atom is 0.305 e. The van der Waals surface area contributed by atoms with Crippen molar-refractivity contribution in [3.8, 4) is 11.5 Å². The van der Waals surface area contributed by atoms with E-state index >= 15 is 0 Å². The Morgan fingerprint density at radius 2 is 1.72 bits per heavy atom. The summed E-state index contributed by atoms with van der Waals surface area (Å²) >= 11 is 0. The molecular weight excluding hydrogens is 496 g/mol. The molecule has 2 aromatic carbocycles. The zero-order valence-corrected chi connectivity index (χ0v) is 23.3. The first-order valence-electron chi connectivity index (χ1n) is 14.0. The molecule has 0 spiro atoms. The van der Waals surface area contributed by atoms with Crippen molar-refractivity contribution in [2.24, 2.45) is 11.8 Å². The Kier molecular flexibility index (Phi) is 9.98. The van der Waals surface area contributed by atoms with Crippen molar-refractivity contribution in [1.82, 2.24) is 10.2 Å². The van der Waals surface area contributed by atoms with E-state index in [0.29, 0.717) is 49.0 Å². The molecule has 2 aliphatic rings. The summed E-state index contributed by atoms with van der Waals surface area (Å²) in [6, 6.07) is 11.5. The van der Waals surface area contributed by atoms with E-state index in [1.54, 1.807) is 21.1 Å². The van der Waals surface area contributed by atoms with Crippen LogP contribution in [-0.4, -0.2) is 63.0 Å². The van der Waals surface area contributed by atoms with Crippen LogP contribution in [0.4, 0.5) is 0 Å². The van der Waals surface area contributed by atoms with Crippen LogP contribution in [0.2, 0.25) is 0 Å². The third kappa shape index (κ3) is 7.38. The third-order valence-electron chi connectivity index (χ3n) is 7.81. The first-order valence-corrected chi connectivity index (χ1v) is 14.0. The normalized spacial score (nSPS) is 17.5. The second-order valence-electron chi connectivity index (χ2n) is 10.4. The van der Waals surface area contributed by atoms with E-state index in [2.05, 4.69) is 10.2 Å². The molecule has 1 aliphatic carbocycles. The number of methoxy groups -OCH3 is 2. The van der Waals surface area contributed by atoms with Gasteiger partial charge in [-0.2, -0.15) is 0 Å². The molecule has 8 heteroatoms. The Labute approximate surface area is 231 Å². The number of likely N-dealkylation sites (tertiary alicyclic amines) is 1. The van der Waals surface area contributed by atoms with Crippen molar-refractivity contribution in [1.29, 1.82) is 0 Å². The highest BCUT2D eigenvalue weighted by atomic mass is 16.5. The van der Waals surface area contributed by atoms with E-state index in [1.165, 1.54) is 5.56 Å². The minimum absolute atomic E-state index is 0.0391. The quantitative estimate of drug-likeness (QED) is 0.317. The third-order valence-corrected chi connectivity index (χ3v) is 7.81. The van der Waals surface area contributed by atoms with Gasteiger partial charge in [0.15, 0.2) is 17.3 Å². The Bertz CT molecular complexity index is 1150. The molecule has 1 amide bonds. The van der Waals surface area contributed by atoms with Crippen molar-refractivity contribution in [3.05, 3.63) is 58.7 Å². The molecule has 8 nitrogen and oxygen atoms in total. The molecule has 0 bridgehead atoms. The van der Waals surface area contributed by atoms with Crippen LogP contribution < -0.4 is 14.8 Å². The number of esters is 1. The number of nitrogens with zero attached hydrogens (tertiary/aromatic N) is 1. The molecule has 0 radical (unpaired) electrons. The number of carbonyl (C=O) groups excluding carboxylic acids is 3. The molecule has 1 heterocycles. The molecule has 0 saturated carbocycles. The molecule has 1 fully saturated rings. The minimum atomic E-state index is -0.236. The monoisotopic (exact) mass is 536 g/mol. The van der Waals surface area contributed by atoms with Crippen LogP contribution in [0.1, 0.15) is 70.9 Å². The average Bonchev–Trinajstić information content (AvgIpc) is 3.25. The van der Waals surface area contributed by atoms with Crippen LogP contribution in [-0.2, 0) is 22.5 Å². The van der Waals surface area contributed by atoms with Crippen molar-refractivity contribution in [2.45, 2.75) is 52.0 Å². The Hall–Kier alpha value is -3.39. The van der Waals surface area contributed by atoms with Gasteiger partial charge in [0.25, 0.3) is 5.91 Å². The summed E-state index contributed by atoms with van der Waals surface area (Å²) in [6.45, 7) is 5.45. The molecule has 0 aromatic heterocycles. The van der Waals surface area contributed by atoms with E-state index in [4.69, 9.17) is 14.2 Å². The summed E-state index contributed by atoms with van der Waals surface area (Å²) in [6.07, 6.45) is 4.73. The highest BCUT2D eigenvalue weighted by Gasteiger charge is 2.34. The number of benzene rings is 2. The van der Waals surface area contributed by atoms with Gasteiger partial charge < -0.3 is 19.5 Å². The number of amides is 1. The number of piperidine rings is 1. The number of ketones is 1. The fraction of sp³-hybridized carbons (Fsp3) is 0.516. The fourth-order valence-electron chi connectivity index (χ4n) is 5.66. The Balaban J connectivity index is 1.19. The smallest absolute Gasteiger partial charge is 0.305 e. The molecule has 1 N–H and O–H groups in total. The summed E-state index contributed by atoms with van der Waals surface area (Å²) in [5, 5.41) is 2.86. The predicted octanol–water partition coefficient (Wildman–Crippen LogP) is 4.43. The van der Waals surface area contributed by atoms with Crippen LogP contribution in [0.3, 0.4) is 0 Å². The lowest BCUT2D eigenvalue weighted by molar-refractivity contribution is -0.143. The number of Topliss-reactive ketones (excluding diaryl/α,β-unsaturated/α-hetero) is 1. The van der Waals surface area contributed by atoms with Gasteiger partial charge in [0.1, 0.15) is 0 Å². The van der Waals surface area contributed by atoms with Crippen molar-refractivity contribution < 1.29 is 28.6 Å². The molecule has 2 aromatic rings. The number of nitrogens with one attached hydrogen (secondary N) is 1. The highest BCUT2D eigenvalue weighted by Crippen LogP contribution is 2.39. The molecule has 210 valence electrons. The number of hydrogen-bond acceptors (Lipinski definition) is 7. The summed E-state index contributed by atoms with van der Waals surface area (Å²) in [5.74, 6) is 1.74. The maximum absolute atomic E-state index is 13.1. The predicted molar refractivity (Wildman–Crippen MR) is 148 cm³/mol. The van der Waals surface area contributed by atoms with E-state index in [0.717, 1.165) is 56.4 Å². The van der Waals surface area contributed by atoms with Gasteiger partial charge in [0, 0.05) is 36.6 Å². The van der Waals surface area contributed by atoms with Gasteiger partial charge in [-0.25, -0.2) is 0 Å². The highest BCUT2D eigenvalue weighted by molar-refractivity contribution is 6.03. The molecular formula is C31H40N2O6. The van der Waals surface area contributed by atoms with Crippen LogP contribution in [0.25, 0.3) is 0 Å². The second-order valence-corrected chi connectivity index (χ2v) is 10.4. The van der Waals surface area contributed by atoms with E-state index in [9.17, 15) is 14.4 Å². The van der Waals surface area contributed by atoms with Gasteiger partial charge in [0.2, 0.25) is 0 Å². The first-order chi connectivity index (χ1) is 18.9. The minimum Gasteiger partial charge on any atom is -0.493 e. The van der Waals surface area contributed by atoms with E-state index in [-0.39, 0.29) is 23.6 Å². The molecule has 1 aliphatic heterocycles. The number of fused-ring (bicyclic) bond motifs is 1. The van der Waals surface area contributed by atoms with Crippen LogP contribution in [0.15, 0.2) is 36.4 Å². The number of hydrogen-bond donors (Lipinski definition) is 1. The number of ether oxygens (including phenoxy) is 3. The van der Waals surface area contributed by atoms with E-state index < -0.39 is 0 Å². The molecule has 39 heavy (non-hydrogen) atoms. The largest absolute Gasteiger partial charge is 0.493 e. The lowest BCUT2D eigenvalue weighted by atomic mass is 9.85. The maximum atomic E-state index is 13.1. The molecule has 4 rings (SSSR count). The van der Waals surface area contributed by atoms with Gasteiger partial charge >= 0.3 is 5.97 Å². The van der Waals surface area contributed by atoms with Crippen molar-refractivity contribution in [3.63, 3.8) is 0 Å². The molecule has 1 unspecified atom stereocenters. The van der Waals surface area contributed by atoms with Crippen molar-refractivity contribution in [2.75, 3.05) is 40.5 Å². The van der Waals surface area contributed by atoms with Crippen molar-refractivity contribution >= 4 is 17.7 Å². The summed E-state index contributed by atoms with van der Waals surface area (Å²) < 4.78 is 15.7. The summed E-state index contributed by atoms with van der Waals surface area (Å²) in [5.41, 5.74) is 3.64. The topological polar surface area (TPSA) is 94.2 Å². The van der Waals surface area contributed by atoms with Gasteiger partial charge in [-0.15, -0.1) is 0 Å². The number of rotatable bonds is 12. The van der Waals surface area contributed by atoms with Gasteiger partial charge in [0.05, 0.1) is 20.8 Å². The SMILES string of the molecule is CCOC(=O)CCCNC(=O)c1ccc(CN2CCC(CC3Cc4cc(OC)c(OC)cc4C3=O)CC2)cc1. The van der Waals surface area contributed by atoms with Crippen LogP contribution >= 0.6 is 0 Å². The second kappa shape index (κ2) is 13.6. The zero-order chi connectivity index (χ0) is 27.8. The van der Waals surface area contributed by atoms with Crippen LogP contribution in [0.5, 0.6) is 11.5 Å². The Morgan fingerprint density at radius 1 is 1.03 bits per heavy atom. The van der Waals surface area contributed by atoms with Gasteiger partial charge in [-0.05, 0) is 93.4 Å². The summed E-state index contributed by atoms with van der Waals surface area (Å²) in [7, 11) is 3.22. The first kappa shape index (κ1) is 28.6. The van der Waals surface area contributed by atoms with Gasteiger partial charge in [-0.1, -0.05) is 12.1 Å². The number of carbonyl (C=O) groups is 3. The van der Waals surface area contributed by atoms with Gasteiger partial charge in [-0.3, -0.25) is 19.3 Å². The molecule has 1 saturated heterocycles. The molecule has 1 atom stereocenters. The lowest BCUT2D eigenvalue weighted by Crippen LogP contribution is -2.34. The van der Waals surface area contributed by atoms with E-state index in [1.807, 2.05) is 36.4 Å². The fourth-order valence-corrected chi connectivity index (χ4v) is 5.66. The van der Waals surface area contributed by atoms with Crippen LogP contribution in [0, 0.1) is 11.8 Å². The Morgan fingerprint density at radius 3 is 2.38 bits per heavy atom. The zero-order valence-electron chi connectivity index (χ0n) is 23.3. The summed E-state index contributed by atoms with van der Waals surface area (Å²) in [4.78, 5) is 39.3.